The first-order chi connectivity index (χ1) is 5.74. The summed E-state index contributed by atoms with van der Waals surface area (Å²) >= 11 is 0. The van der Waals surface area contributed by atoms with E-state index in [1.54, 1.807) is 0 Å². The maximum absolute atomic E-state index is 11.1. The summed E-state index contributed by atoms with van der Waals surface area (Å²) in [6.45, 7) is 0.111. The monoisotopic (exact) mass is 166 g/mol. The van der Waals surface area contributed by atoms with E-state index in [1.165, 1.54) is 24.3 Å². The van der Waals surface area contributed by atoms with E-state index in [9.17, 15) is 4.79 Å². The van der Waals surface area contributed by atoms with Crippen LogP contribution in [0.15, 0.2) is 24.3 Å². The predicted molar refractivity (Wildman–Crippen MR) is 44.6 cm³/mol. The van der Waals surface area contributed by atoms with Crippen LogP contribution in [0.25, 0.3) is 0 Å². The first-order valence-electron chi connectivity index (χ1n) is 3.51. The number of carbonyl (C=O) groups excluding carboxylic acids is 1. The Balaban J connectivity index is 2.75. The Morgan fingerprint density at radius 2 is 2.00 bits per heavy atom. The first kappa shape index (κ1) is 8.55. The van der Waals surface area contributed by atoms with Gasteiger partial charge in [-0.15, -0.1) is 0 Å². The third-order valence-corrected chi connectivity index (χ3v) is 1.39. The summed E-state index contributed by atoms with van der Waals surface area (Å²) in [7, 11) is 0. The summed E-state index contributed by atoms with van der Waals surface area (Å²) in [4.78, 5) is 11.1. The lowest BCUT2D eigenvalue weighted by atomic mass is 10.2. The molecule has 1 aromatic carbocycles. The Morgan fingerprint density at radius 1 is 1.42 bits per heavy atom. The molecule has 0 saturated heterocycles. The van der Waals surface area contributed by atoms with Crippen LogP contribution in [0.4, 0.5) is 0 Å². The van der Waals surface area contributed by atoms with Gasteiger partial charge in [-0.05, 0) is 24.3 Å². The normalized spacial score (nSPS) is 9.42. The molecule has 0 bridgehead atoms. The van der Waals surface area contributed by atoms with Crippen molar-refractivity contribution in [1.82, 2.24) is 5.32 Å². The van der Waals surface area contributed by atoms with Crippen LogP contribution >= 0.6 is 0 Å². The van der Waals surface area contributed by atoms with E-state index in [0.717, 1.165) is 0 Å². The summed E-state index contributed by atoms with van der Waals surface area (Å²) in [6.07, 6.45) is 0. The molecule has 4 nitrogen and oxygen atoms in total. The van der Waals surface area contributed by atoms with Gasteiger partial charge in [0.25, 0.3) is 5.91 Å². The minimum Gasteiger partial charge on any atom is -0.508 e. The Bertz CT molecular complexity index is 269. The van der Waals surface area contributed by atoms with Gasteiger partial charge < -0.3 is 16.2 Å². The van der Waals surface area contributed by atoms with Crippen molar-refractivity contribution in [3.63, 3.8) is 0 Å². The molecule has 0 aliphatic rings. The highest BCUT2D eigenvalue weighted by atomic mass is 16.3. The summed E-state index contributed by atoms with van der Waals surface area (Å²) in [6, 6.07) is 5.96. The van der Waals surface area contributed by atoms with Crippen molar-refractivity contribution in [2.75, 3.05) is 6.67 Å². The van der Waals surface area contributed by atoms with E-state index in [0.29, 0.717) is 5.56 Å². The molecule has 1 amide bonds. The number of nitrogens with one attached hydrogen (secondary N) is 1. The van der Waals surface area contributed by atoms with Gasteiger partial charge in [-0.1, -0.05) is 0 Å². The zero-order valence-electron chi connectivity index (χ0n) is 6.45. The number of hydrogen-bond acceptors (Lipinski definition) is 3. The van der Waals surface area contributed by atoms with Crippen molar-refractivity contribution in [2.24, 2.45) is 5.73 Å². The number of benzene rings is 1. The van der Waals surface area contributed by atoms with E-state index in [2.05, 4.69) is 5.32 Å². The van der Waals surface area contributed by atoms with Crippen LogP contribution in [-0.2, 0) is 0 Å². The van der Waals surface area contributed by atoms with Gasteiger partial charge in [0.05, 0.1) is 6.67 Å². The van der Waals surface area contributed by atoms with Crippen LogP contribution in [0, 0.1) is 0 Å². The molecule has 0 fully saturated rings. The average molecular weight is 166 g/mol. The Hall–Kier alpha value is -1.55. The van der Waals surface area contributed by atoms with Crippen LogP contribution in [0.3, 0.4) is 0 Å². The van der Waals surface area contributed by atoms with Crippen molar-refractivity contribution >= 4 is 5.91 Å². The third kappa shape index (κ3) is 1.96. The molecule has 0 spiro atoms. The summed E-state index contributed by atoms with van der Waals surface area (Å²) < 4.78 is 0. The molecule has 12 heavy (non-hydrogen) atoms. The number of rotatable bonds is 2. The second kappa shape index (κ2) is 3.73. The molecular weight excluding hydrogens is 156 g/mol. The highest BCUT2D eigenvalue weighted by molar-refractivity contribution is 5.94. The van der Waals surface area contributed by atoms with Crippen molar-refractivity contribution in [3.8, 4) is 5.75 Å². The van der Waals surface area contributed by atoms with Crippen LogP contribution in [-0.4, -0.2) is 17.7 Å². The van der Waals surface area contributed by atoms with Gasteiger partial charge in [-0.3, -0.25) is 4.79 Å². The number of phenols is 1. The number of aromatic hydroxyl groups is 1. The van der Waals surface area contributed by atoms with Crippen molar-refractivity contribution in [2.45, 2.75) is 0 Å². The lowest BCUT2D eigenvalue weighted by molar-refractivity contribution is 0.0955. The topological polar surface area (TPSA) is 75.3 Å². The molecule has 0 aliphatic heterocycles. The maximum Gasteiger partial charge on any atom is 0.252 e. The number of phenolic OH excluding ortho intramolecular Hbond substituents is 1. The molecule has 0 radical (unpaired) electrons. The molecular formula is C8H10N2O2. The Kier molecular flexibility index (Phi) is 2.66. The minimum atomic E-state index is -0.238. The van der Waals surface area contributed by atoms with E-state index >= 15 is 0 Å². The Labute approximate surface area is 70.0 Å². The molecule has 0 heterocycles. The number of amides is 1. The van der Waals surface area contributed by atoms with E-state index in [-0.39, 0.29) is 18.3 Å². The summed E-state index contributed by atoms with van der Waals surface area (Å²) in [5.74, 6) is -0.100. The van der Waals surface area contributed by atoms with Gasteiger partial charge >= 0.3 is 0 Å². The number of hydrogen-bond donors (Lipinski definition) is 3. The molecule has 1 aromatic rings. The highest BCUT2D eigenvalue weighted by Crippen LogP contribution is 2.08. The molecule has 64 valence electrons. The molecule has 0 atom stereocenters. The zero-order valence-corrected chi connectivity index (χ0v) is 6.45. The van der Waals surface area contributed by atoms with Crippen molar-refractivity contribution < 1.29 is 9.90 Å². The molecule has 4 N–H and O–H groups in total. The van der Waals surface area contributed by atoms with Gasteiger partial charge in [0.1, 0.15) is 5.75 Å². The lowest BCUT2D eigenvalue weighted by Gasteiger charge is -2.00. The van der Waals surface area contributed by atoms with E-state index in [4.69, 9.17) is 10.8 Å². The van der Waals surface area contributed by atoms with Crippen LogP contribution in [0.5, 0.6) is 5.75 Å². The second-order valence-corrected chi connectivity index (χ2v) is 2.26. The zero-order chi connectivity index (χ0) is 8.97. The quantitative estimate of drug-likeness (QED) is 0.543. The maximum atomic E-state index is 11.1. The van der Waals surface area contributed by atoms with Crippen LogP contribution in [0.2, 0.25) is 0 Å². The smallest absolute Gasteiger partial charge is 0.252 e. The van der Waals surface area contributed by atoms with Gasteiger partial charge in [0.2, 0.25) is 0 Å². The first-order valence-corrected chi connectivity index (χ1v) is 3.51. The summed E-state index contributed by atoms with van der Waals surface area (Å²) in [5.41, 5.74) is 5.60. The molecule has 4 heteroatoms. The molecule has 0 aromatic heterocycles. The number of nitrogens with two attached hydrogens (primary N) is 1. The minimum absolute atomic E-state index is 0.111. The molecule has 0 saturated carbocycles. The molecule has 1 rings (SSSR count). The van der Waals surface area contributed by atoms with Gasteiger partial charge in [0, 0.05) is 5.56 Å². The van der Waals surface area contributed by atoms with Crippen molar-refractivity contribution in [3.05, 3.63) is 29.8 Å². The van der Waals surface area contributed by atoms with Gasteiger partial charge in [-0.25, -0.2) is 0 Å². The van der Waals surface area contributed by atoms with Crippen LogP contribution < -0.4 is 11.1 Å². The van der Waals surface area contributed by atoms with Crippen LogP contribution in [0.1, 0.15) is 10.4 Å². The van der Waals surface area contributed by atoms with Gasteiger partial charge in [-0.2, -0.15) is 0 Å². The standard InChI is InChI=1S/C8H10N2O2/c9-5-10-8(12)6-1-3-7(11)4-2-6/h1-4,11H,5,9H2,(H,10,12). The van der Waals surface area contributed by atoms with Crippen molar-refractivity contribution in [1.29, 1.82) is 0 Å². The fraction of sp³-hybridized carbons (Fsp3) is 0.125. The van der Waals surface area contributed by atoms with Gasteiger partial charge in [0.15, 0.2) is 0 Å². The fourth-order valence-corrected chi connectivity index (χ4v) is 0.808. The third-order valence-electron chi connectivity index (χ3n) is 1.39. The van der Waals surface area contributed by atoms with E-state index in [1.807, 2.05) is 0 Å². The fourth-order valence-electron chi connectivity index (χ4n) is 0.808. The SMILES string of the molecule is NCNC(=O)c1ccc(O)cc1. The molecule has 0 aliphatic carbocycles. The Morgan fingerprint density at radius 3 is 2.50 bits per heavy atom. The number of carbonyl (C=O) groups is 1. The summed E-state index contributed by atoms with van der Waals surface area (Å²) in [5, 5.41) is 11.4. The second-order valence-electron chi connectivity index (χ2n) is 2.26. The average Bonchev–Trinajstić information content (AvgIpc) is 2.06. The lowest BCUT2D eigenvalue weighted by Crippen LogP contribution is -2.29. The largest absolute Gasteiger partial charge is 0.508 e. The van der Waals surface area contributed by atoms with E-state index < -0.39 is 0 Å². The highest BCUT2D eigenvalue weighted by Gasteiger charge is 2.01. The predicted octanol–water partition coefficient (Wildman–Crippen LogP) is 0.0382. The molecule has 0 unspecified atom stereocenters.